The summed E-state index contributed by atoms with van der Waals surface area (Å²) < 4.78 is 40.5. The van der Waals surface area contributed by atoms with Crippen LogP contribution in [-0.4, -0.2) is 14.8 Å². The van der Waals surface area contributed by atoms with E-state index < -0.39 is 11.7 Å². The van der Waals surface area contributed by atoms with E-state index >= 15 is 0 Å². The molecule has 2 aromatic heterocycles. The number of anilines is 2. The second-order valence-electron chi connectivity index (χ2n) is 3.97. The maximum atomic E-state index is 12.9. The van der Waals surface area contributed by atoms with Gasteiger partial charge in [0.2, 0.25) is 0 Å². The van der Waals surface area contributed by atoms with Gasteiger partial charge in [-0.15, -0.1) is 0 Å². The summed E-state index contributed by atoms with van der Waals surface area (Å²) in [5.74, 6) is -0.244. The summed E-state index contributed by atoms with van der Waals surface area (Å²) in [5.41, 5.74) is 0.258. The highest BCUT2D eigenvalue weighted by Gasteiger charge is 2.34. The van der Waals surface area contributed by atoms with Crippen molar-refractivity contribution in [1.29, 1.82) is 0 Å². The van der Waals surface area contributed by atoms with Gasteiger partial charge in [-0.1, -0.05) is 0 Å². The molecular weight excluding hydrogens is 325 g/mol. The minimum Gasteiger partial charge on any atom is -0.337 e. The number of pyridine rings is 1. The smallest absolute Gasteiger partial charge is 0.337 e. The van der Waals surface area contributed by atoms with Gasteiger partial charge in [-0.25, -0.2) is 4.98 Å². The fourth-order valence-electron chi connectivity index (χ4n) is 1.60. The number of hydrogen-bond donors (Lipinski definition) is 1. The molecule has 19 heavy (non-hydrogen) atoms. The first-order valence-corrected chi connectivity index (χ1v) is 6.06. The summed E-state index contributed by atoms with van der Waals surface area (Å²) >= 11 is 2.99. The van der Waals surface area contributed by atoms with Gasteiger partial charge in [-0.05, 0) is 28.9 Å². The van der Waals surface area contributed by atoms with Gasteiger partial charge in [0.05, 0.1) is 16.9 Å². The Morgan fingerprint density at radius 2 is 2.05 bits per heavy atom. The Labute approximate surface area is 115 Å². The van der Waals surface area contributed by atoms with Gasteiger partial charge >= 0.3 is 6.18 Å². The van der Waals surface area contributed by atoms with Crippen LogP contribution in [-0.2, 0) is 13.2 Å². The van der Waals surface area contributed by atoms with Crippen molar-refractivity contribution in [3.63, 3.8) is 0 Å². The Hall–Kier alpha value is -1.57. The number of halogens is 4. The zero-order valence-electron chi connectivity index (χ0n) is 10.1. The molecule has 0 unspecified atom stereocenters. The van der Waals surface area contributed by atoms with Crippen LogP contribution in [0.1, 0.15) is 11.3 Å². The van der Waals surface area contributed by atoms with E-state index in [4.69, 9.17) is 0 Å². The topological polar surface area (TPSA) is 42.7 Å². The van der Waals surface area contributed by atoms with E-state index in [-0.39, 0.29) is 10.3 Å². The zero-order chi connectivity index (χ0) is 14.2. The minimum atomic E-state index is -4.48. The lowest BCUT2D eigenvalue weighted by atomic mass is 10.2. The average Bonchev–Trinajstić information content (AvgIpc) is 2.58. The molecule has 102 valence electrons. The van der Waals surface area contributed by atoms with Crippen LogP contribution in [0.15, 0.2) is 22.9 Å². The molecule has 0 fully saturated rings. The molecule has 0 spiro atoms. The predicted octanol–water partition coefficient (Wildman–Crippen LogP) is 3.65. The molecule has 0 radical (unpaired) electrons. The second-order valence-corrected chi connectivity index (χ2v) is 4.89. The maximum Gasteiger partial charge on any atom is 0.420 e. The van der Waals surface area contributed by atoms with Gasteiger partial charge in [0, 0.05) is 23.9 Å². The lowest BCUT2D eigenvalue weighted by molar-refractivity contribution is -0.137. The second kappa shape index (κ2) is 4.84. The fraction of sp³-hybridized carbons (Fsp3) is 0.273. The van der Waals surface area contributed by atoms with E-state index in [1.54, 1.807) is 20.2 Å². The molecule has 2 heterocycles. The standard InChI is InChI=1S/C11H10BrF3N4/c1-6-9(5-19(2)18-6)17-10-8(11(13,14)15)3-7(12)4-16-10/h3-5H,1-2H3,(H,16,17). The summed E-state index contributed by atoms with van der Waals surface area (Å²) in [4.78, 5) is 3.78. The first-order chi connectivity index (χ1) is 8.77. The first kappa shape index (κ1) is 13.9. The molecule has 0 saturated heterocycles. The lowest BCUT2D eigenvalue weighted by Crippen LogP contribution is -2.10. The molecule has 1 N–H and O–H groups in total. The third-order valence-electron chi connectivity index (χ3n) is 2.43. The molecule has 8 heteroatoms. The van der Waals surface area contributed by atoms with Crippen LogP contribution in [0, 0.1) is 6.92 Å². The van der Waals surface area contributed by atoms with Crippen molar-refractivity contribution in [2.24, 2.45) is 7.05 Å². The molecule has 0 amide bonds. The van der Waals surface area contributed by atoms with Crippen LogP contribution in [0.4, 0.5) is 24.7 Å². The Morgan fingerprint density at radius 1 is 1.37 bits per heavy atom. The number of nitrogens with one attached hydrogen (secondary N) is 1. The molecule has 2 aromatic rings. The summed E-state index contributed by atoms with van der Waals surface area (Å²) in [6.07, 6.45) is -1.57. The van der Waals surface area contributed by atoms with E-state index in [0.29, 0.717) is 11.4 Å². The van der Waals surface area contributed by atoms with Crippen LogP contribution in [0.25, 0.3) is 0 Å². The van der Waals surface area contributed by atoms with Crippen LogP contribution in [0.5, 0.6) is 0 Å². The molecule has 0 aliphatic rings. The molecule has 0 aliphatic heterocycles. The van der Waals surface area contributed by atoms with Crippen LogP contribution < -0.4 is 5.32 Å². The number of aryl methyl sites for hydroxylation is 2. The monoisotopic (exact) mass is 334 g/mol. The quantitative estimate of drug-likeness (QED) is 0.911. The van der Waals surface area contributed by atoms with Crippen molar-refractivity contribution >= 4 is 27.4 Å². The van der Waals surface area contributed by atoms with Crippen molar-refractivity contribution in [1.82, 2.24) is 14.8 Å². The third-order valence-corrected chi connectivity index (χ3v) is 2.86. The zero-order valence-corrected chi connectivity index (χ0v) is 11.7. The van der Waals surface area contributed by atoms with E-state index in [0.717, 1.165) is 6.07 Å². The average molecular weight is 335 g/mol. The van der Waals surface area contributed by atoms with Crippen LogP contribution in [0.3, 0.4) is 0 Å². The molecular formula is C11H10BrF3N4. The van der Waals surface area contributed by atoms with Gasteiger partial charge < -0.3 is 5.32 Å². The van der Waals surface area contributed by atoms with E-state index in [2.05, 4.69) is 31.3 Å². The van der Waals surface area contributed by atoms with Gasteiger partial charge in [-0.3, -0.25) is 4.68 Å². The van der Waals surface area contributed by atoms with E-state index in [9.17, 15) is 13.2 Å². The number of aromatic nitrogens is 3. The lowest BCUT2D eigenvalue weighted by Gasteiger charge is -2.13. The highest BCUT2D eigenvalue weighted by molar-refractivity contribution is 9.10. The largest absolute Gasteiger partial charge is 0.420 e. The Bertz CT molecular complexity index is 606. The maximum absolute atomic E-state index is 12.9. The SMILES string of the molecule is Cc1nn(C)cc1Nc1ncc(Br)cc1C(F)(F)F. The van der Waals surface area contributed by atoms with Gasteiger partial charge in [0.25, 0.3) is 0 Å². The molecule has 2 rings (SSSR count). The number of hydrogen-bond acceptors (Lipinski definition) is 3. The summed E-state index contributed by atoms with van der Waals surface area (Å²) in [6.45, 7) is 1.70. The Morgan fingerprint density at radius 3 is 2.58 bits per heavy atom. The van der Waals surface area contributed by atoms with Gasteiger partial charge in [0.15, 0.2) is 0 Å². The first-order valence-electron chi connectivity index (χ1n) is 5.27. The summed E-state index contributed by atoms with van der Waals surface area (Å²) in [7, 11) is 1.69. The highest BCUT2D eigenvalue weighted by Crippen LogP contribution is 2.36. The summed E-state index contributed by atoms with van der Waals surface area (Å²) in [5, 5.41) is 6.71. The fourth-order valence-corrected chi connectivity index (χ4v) is 1.94. The van der Waals surface area contributed by atoms with Gasteiger partial charge in [0.1, 0.15) is 5.82 Å². The molecule has 4 nitrogen and oxygen atoms in total. The predicted molar refractivity (Wildman–Crippen MR) is 68.2 cm³/mol. The van der Waals surface area contributed by atoms with Crippen molar-refractivity contribution in [3.05, 3.63) is 34.2 Å². The number of nitrogens with zero attached hydrogens (tertiary/aromatic N) is 3. The van der Waals surface area contributed by atoms with Crippen molar-refractivity contribution in [2.45, 2.75) is 13.1 Å². The van der Waals surface area contributed by atoms with E-state index in [1.165, 1.54) is 10.9 Å². The van der Waals surface area contributed by atoms with Crippen molar-refractivity contribution < 1.29 is 13.2 Å². The number of rotatable bonds is 2. The molecule has 0 atom stereocenters. The van der Waals surface area contributed by atoms with Crippen LogP contribution in [0.2, 0.25) is 0 Å². The van der Waals surface area contributed by atoms with E-state index in [1.807, 2.05) is 0 Å². The normalized spacial score (nSPS) is 11.7. The Kier molecular flexibility index (Phi) is 3.53. The third kappa shape index (κ3) is 3.06. The summed E-state index contributed by atoms with van der Waals surface area (Å²) in [6, 6.07) is 0.987. The van der Waals surface area contributed by atoms with Gasteiger partial charge in [-0.2, -0.15) is 18.3 Å². The molecule has 0 bridgehead atoms. The minimum absolute atomic E-state index is 0.244. The van der Waals surface area contributed by atoms with Crippen molar-refractivity contribution in [2.75, 3.05) is 5.32 Å². The van der Waals surface area contributed by atoms with Crippen LogP contribution >= 0.6 is 15.9 Å². The molecule has 0 saturated carbocycles. The Balaban J connectivity index is 2.43. The number of alkyl halides is 3. The molecule has 0 aromatic carbocycles. The van der Waals surface area contributed by atoms with Crippen molar-refractivity contribution in [3.8, 4) is 0 Å². The highest BCUT2D eigenvalue weighted by atomic mass is 79.9. The molecule has 0 aliphatic carbocycles.